The Bertz CT molecular complexity index is 1320. The molecule has 0 aliphatic heterocycles. The number of benzene rings is 2. The third-order valence-electron chi connectivity index (χ3n) is 4.75. The molecule has 0 atom stereocenters. The van der Waals surface area contributed by atoms with Crippen LogP contribution in [0.1, 0.15) is 27.3 Å². The van der Waals surface area contributed by atoms with Gasteiger partial charge in [-0.3, -0.25) is 4.79 Å². The number of carbonyl (C=O) groups excluding carboxylic acids is 1. The molecule has 0 aliphatic rings. The number of aryl methyl sites for hydroxylation is 1. The molecule has 2 N–H and O–H groups in total. The van der Waals surface area contributed by atoms with Crippen LogP contribution in [-0.2, 0) is 4.79 Å². The Morgan fingerprint density at radius 2 is 1.75 bits per heavy atom. The summed E-state index contributed by atoms with van der Waals surface area (Å²) in [7, 11) is 0. The molecule has 0 saturated heterocycles. The van der Waals surface area contributed by atoms with E-state index in [0.29, 0.717) is 22.0 Å². The van der Waals surface area contributed by atoms with Gasteiger partial charge in [0, 0.05) is 22.8 Å². The Hall–Kier alpha value is -3.24. The molecule has 9 heteroatoms. The van der Waals surface area contributed by atoms with Crippen molar-refractivity contribution in [2.24, 2.45) is 0 Å². The zero-order valence-electron chi connectivity index (χ0n) is 16.9. The monoisotopic (exact) mass is 487 g/mol. The van der Waals surface area contributed by atoms with Gasteiger partial charge in [0.1, 0.15) is 11.6 Å². The van der Waals surface area contributed by atoms with Gasteiger partial charge in [0.05, 0.1) is 20.6 Å². The number of amides is 1. The first-order valence-corrected chi connectivity index (χ1v) is 10.4. The van der Waals surface area contributed by atoms with E-state index in [1.165, 1.54) is 18.2 Å². The van der Waals surface area contributed by atoms with Gasteiger partial charge in [0.25, 0.3) is 5.91 Å². The summed E-state index contributed by atoms with van der Waals surface area (Å²) in [6.07, 6.45) is 1.49. The molecule has 162 valence electrons. The Morgan fingerprint density at radius 3 is 2.34 bits per heavy atom. The van der Waals surface area contributed by atoms with Crippen molar-refractivity contribution in [1.29, 1.82) is 5.26 Å². The van der Waals surface area contributed by atoms with E-state index in [0.717, 1.165) is 11.4 Å². The molecule has 3 aromatic rings. The van der Waals surface area contributed by atoms with Gasteiger partial charge < -0.3 is 15.0 Å². The number of nitrogens with zero attached hydrogens (tertiary/aromatic N) is 2. The standard InChI is InChI=1S/C23H16Cl3N3O3/c1-12-7-14(13(2)29(12)17-4-5-18(23(31)32)20(25)10-17)8-15(11-27)22(30)28-16-3-6-19(24)21(26)9-16/h3-10H,1-2H3,(H,28,30)(H,31,32)/b15-8-. The molecule has 0 fully saturated rings. The highest BCUT2D eigenvalue weighted by Gasteiger charge is 2.16. The van der Waals surface area contributed by atoms with Crippen molar-refractivity contribution in [3.05, 3.63) is 85.6 Å². The van der Waals surface area contributed by atoms with Crippen LogP contribution in [-0.4, -0.2) is 21.6 Å². The SMILES string of the molecule is Cc1cc(/C=C(/C#N)C(=O)Nc2ccc(Cl)c(Cl)c2)c(C)n1-c1ccc(C(=O)O)c(Cl)c1. The van der Waals surface area contributed by atoms with E-state index in [1.54, 1.807) is 24.3 Å². The summed E-state index contributed by atoms with van der Waals surface area (Å²) in [5, 5.41) is 22.1. The van der Waals surface area contributed by atoms with Gasteiger partial charge >= 0.3 is 5.97 Å². The fourth-order valence-corrected chi connectivity index (χ4v) is 3.78. The Labute approximate surface area is 199 Å². The fraction of sp³-hybridized carbons (Fsp3) is 0.0870. The first kappa shape index (κ1) is 23.4. The molecule has 0 aliphatic carbocycles. The topological polar surface area (TPSA) is 95.1 Å². The van der Waals surface area contributed by atoms with Gasteiger partial charge in [0.2, 0.25) is 0 Å². The second-order valence-electron chi connectivity index (χ2n) is 6.88. The number of hydrogen-bond acceptors (Lipinski definition) is 3. The first-order valence-electron chi connectivity index (χ1n) is 9.22. The average Bonchev–Trinajstić information content (AvgIpc) is 3.01. The molecule has 0 unspecified atom stereocenters. The van der Waals surface area contributed by atoms with Crippen molar-refractivity contribution in [1.82, 2.24) is 4.57 Å². The van der Waals surface area contributed by atoms with E-state index in [4.69, 9.17) is 34.8 Å². The van der Waals surface area contributed by atoms with Crippen molar-refractivity contribution in [3.63, 3.8) is 0 Å². The van der Waals surface area contributed by atoms with E-state index >= 15 is 0 Å². The molecule has 6 nitrogen and oxygen atoms in total. The van der Waals surface area contributed by atoms with Gasteiger partial charge in [-0.15, -0.1) is 0 Å². The number of nitriles is 1. The average molecular weight is 489 g/mol. The number of carboxylic acid groups (broad SMARTS) is 1. The van der Waals surface area contributed by atoms with Crippen LogP contribution in [0.25, 0.3) is 11.8 Å². The number of nitrogens with one attached hydrogen (secondary N) is 1. The predicted octanol–water partition coefficient (Wildman–Crippen LogP) is 6.30. The summed E-state index contributed by atoms with van der Waals surface area (Å²) in [5.74, 6) is -1.71. The maximum Gasteiger partial charge on any atom is 0.337 e. The molecular weight excluding hydrogens is 473 g/mol. The smallest absolute Gasteiger partial charge is 0.337 e. The molecule has 32 heavy (non-hydrogen) atoms. The van der Waals surface area contributed by atoms with E-state index in [-0.39, 0.29) is 21.2 Å². The number of carboxylic acids is 1. The molecule has 0 spiro atoms. The second-order valence-corrected chi connectivity index (χ2v) is 8.11. The summed E-state index contributed by atoms with van der Waals surface area (Å²) in [6.45, 7) is 3.68. The van der Waals surface area contributed by atoms with Crippen molar-refractivity contribution in [3.8, 4) is 11.8 Å². The van der Waals surface area contributed by atoms with E-state index in [2.05, 4.69) is 5.32 Å². The van der Waals surface area contributed by atoms with Gasteiger partial charge in [-0.1, -0.05) is 34.8 Å². The highest BCUT2D eigenvalue weighted by atomic mass is 35.5. The van der Waals surface area contributed by atoms with Crippen LogP contribution in [0, 0.1) is 25.2 Å². The minimum absolute atomic E-state index is 0.00346. The van der Waals surface area contributed by atoms with Gasteiger partial charge in [0.15, 0.2) is 0 Å². The molecule has 1 amide bonds. The number of rotatable bonds is 5. The maximum atomic E-state index is 12.6. The predicted molar refractivity (Wildman–Crippen MR) is 126 cm³/mol. The van der Waals surface area contributed by atoms with E-state index in [9.17, 15) is 20.0 Å². The first-order chi connectivity index (χ1) is 15.1. The minimum atomic E-state index is -1.11. The van der Waals surface area contributed by atoms with E-state index in [1.807, 2.05) is 30.6 Å². The number of halogens is 3. The van der Waals surface area contributed by atoms with Crippen molar-refractivity contribution in [2.75, 3.05) is 5.32 Å². The summed E-state index contributed by atoms with van der Waals surface area (Å²) < 4.78 is 1.86. The molecule has 2 aromatic carbocycles. The lowest BCUT2D eigenvalue weighted by Gasteiger charge is -2.11. The number of anilines is 1. The third-order valence-corrected chi connectivity index (χ3v) is 5.81. The largest absolute Gasteiger partial charge is 0.478 e. The van der Waals surface area contributed by atoms with Gasteiger partial charge in [-0.2, -0.15) is 5.26 Å². The molecule has 0 bridgehead atoms. The van der Waals surface area contributed by atoms with Crippen LogP contribution in [0.4, 0.5) is 5.69 Å². The lowest BCUT2D eigenvalue weighted by molar-refractivity contribution is -0.112. The minimum Gasteiger partial charge on any atom is -0.478 e. The molecular formula is C23H16Cl3N3O3. The summed E-state index contributed by atoms with van der Waals surface area (Å²) in [4.78, 5) is 23.8. The fourth-order valence-electron chi connectivity index (χ4n) is 3.22. The summed E-state index contributed by atoms with van der Waals surface area (Å²) >= 11 is 18.0. The van der Waals surface area contributed by atoms with Crippen LogP contribution in [0.3, 0.4) is 0 Å². The Kier molecular flexibility index (Phi) is 6.95. The number of aromatic nitrogens is 1. The van der Waals surface area contributed by atoms with Gasteiger partial charge in [-0.25, -0.2) is 4.79 Å². The van der Waals surface area contributed by atoms with E-state index < -0.39 is 11.9 Å². The molecule has 1 heterocycles. The zero-order chi connectivity index (χ0) is 23.6. The Balaban J connectivity index is 1.95. The summed E-state index contributed by atoms with van der Waals surface area (Å²) in [6, 6.07) is 13.0. The van der Waals surface area contributed by atoms with Crippen LogP contribution in [0.5, 0.6) is 0 Å². The highest BCUT2D eigenvalue weighted by Crippen LogP contribution is 2.28. The third kappa shape index (κ3) is 4.81. The van der Waals surface area contributed by atoms with Crippen LogP contribution in [0.2, 0.25) is 15.1 Å². The molecule has 0 saturated carbocycles. The lowest BCUT2D eigenvalue weighted by Crippen LogP contribution is -2.13. The van der Waals surface area contributed by atoms with Gasteiger partial charge in [-0.05, 0) is 68.0 Å². The highest BCUT2D eigenvalue weighted by molar-refractivity contribution is 6.42. The molecule has 0 radical (unpaired) electrons. The van der Waals surface area contributed by atoms with Crippen LogP contribution < -0.4 is 5.32 Å². The Morgan fingerprint density at radius 1 is 1.03 bits per heavy atom. The maximum absolute atomic E-state index is 12.6. The molecule has 3 rings (SSSR count). The van der Waals surface area contributed by atoms with Crippen LogP contribution in [0.15, 0.2) is 48.0 Å². The van der Waals surface area contributed by atoms with Crippen molar-refractivity contribution < 1.29 is 14.7 Å². The quantitative estimate of drug-likeness (QED) is 0.325. The number of aromatic carboxylic acids is 1. The molecule has 1 aromatic heterocycles. The normalized spacial score (nSPS) is 11.2. The van der Waals surface area contributed by atoms with Crippen molar-refractivity contribution in [2.45, 2.75) is 13.8 Å². The second kappa shape index (κ2) is 9.49. The summed E-state index contributed by atoms with van der Waals surface area (Å²) in [5.41, 5.74) is 3.19. The lowest BCUT2D eigenvalue weighted by atomic mass is 10.1. The number of carbonyl (C=O) groups is 2. The van der Waals surface area contributed by atoms with Crippen LogP contribution >= 0.6 is 34.8 Å². The van der Waals surface area contributed by atoms with Crippen molar-refractivity contribution >= 4 is 58.4 Å². The number of hydrogen-bond donors (Lipinski definition) is 2. The zero-order valence-corrected chi connectivity index (χ0v) is 19.2.